The molecule has 0 bridgehead atoms. The van der Waals surface area contributed by atoms with Gasteiger partial charge in [-0.2, -0.15) is 0 Å². The van der Waals surface area contributed by atoms with E-state index in [9.17, 15) is 9.59 Å². The number of furan rings is 1. The van der Waals surface area contributed by atoms with Crippen LogP contribution in [0.3, 0.4) is 0 Å². The van der Waals surface area contributed by atoms with Crippen molar-refractivity contribution >= 4 is 27.8 Å². The quantitative estimate of drug-likeness (QED) is 0.370. The average Bonchev–Trinajstić information content (AvgIpc) is 3.25. The lowest BCUT2D eigenvalue weighted by Crippen LogP contribution is -2.24. The second-order valence-electron chi connectivity index (χ2n) is 7.99. The van der Waals surface area contributed by atoms with Gasteiger partial charge in [0.05, 0.1) is 6.26 Å². The van der Waals surface area contributed by atoms with Crippen molar-refractivity contribution in [2.75, 3.05) is 0 Å². The molecular weight excluding hydrogens is 416 g/mol. The van der Waals surface area contributed by atoms with Crippen molar-refractivity contribution < 1.29 is 13.6 Å². The molecule has 6 heteroatoms. The molecule has 164 valence electrons. The van der Waals surface area contributed by atoms with Gasteiger partial charge in [-0.25, -0.2) is 4.79 Å². The minimum absolute atomic E-state index is 0.130. The van der Waals surface area contributed by atoms with Crippen LogP contribution in [0, 0.1) is 6.92 Å². The van der Waals surface area contributed by atoms with E-state index in [-0.39, 0.29) is 12.3 Å². The molecule has 0 saturated heterocycles. The summed E-state index contributed by atoms with van der Waals surface area (Å²) in [6.45, 7) is 2.30. The molecule has 0 aliphatic rings. The number of pyridine rings is 1. The van der Waals surface area contributed by atoms with Crippen LogP contribution in [0.2, 0.25) is 0 Å². The number of aromatic nitrogens is 1. The van der Waals surface area contributed by atoms with Gasteiger partial charge in [-0.3, -0.25) is 9.78 Å². The first-order valence-corrected chi connectivity index (χ1v) is 10.8. The van der Waals surface area contributed by atoms with Gasteiger partial charge in [0.2, 0.25) is 5.91 Å². The largest absolute Gasteiger partial charge is 0.464 e. The van der Waals surface area contributed by atoms with Gasteiger partial charge in [-0.1, -0.05) is 36.4 Å². The Morgan fingerprint density at radius 1 is 1.03 bits per heavy atom. The summed E-state index contributed by atoms with van der Waals surface area (Å²) in [6, 6.07) is 17.5. The van der Waals surface area contributed by atoms with Crippen LogP contribution in [0.15, 0.2) is 86.9 Å². The minimum Gasteiger partial charge on any atom is -0.464 e. The lowest BCUT2D eigenvalue weighted by atomic mass is 9.99. The first-order valence-electron chi connectivity index (χ1n) is 10.8. The van der Waals surface area contributed by atoms with Crippen LogP contribution >= 0.6 is 0 Å². The monoisotopic (exact) mass is 438 g/mol. The Hall–Kier alpha value is -4.19. The van der Waals surface area contributed by atoms with Gasteiger partial charge >= 0.3 is 5.63 Å². The van der Waals surface area contributed by atoms with Crippen LogP contribution in [0.4, 0.5) is 0 Å². The number of carbonyl (C=O) groups excluding carboxylic acids is 1. The van der Waals surface area contributed by atoms with Crippen molar-refractivity contribution in [3.8, 4) is 11.1 Å². The van der Waals surface area contributed by atoms with Gasteiger partial charge in [0.15, 0.2) is 0 Å². The zero-order chi connectivity index (χ0) is 22.8. The minimum atomic E-state index is -0.422. The van der Waals surface area contributed by atoms with Crippen molar-refractivity contribution in [3.05, 3.63) is 100 Å². The Kier molecular flexibility index (Phi) is 5.48. The molecule has 0 saturated carbocycles. The fraction of sp³-hybridized carbons (Fsp3) is 0.148. The van der Waals surface area contributed by atoms with Crippen LogP contribution in [-0.4, -0.2) is 10.9 Å². The van der Waals surface area contributed by atoms with Gasteiger partial charge in [0.25, 0.3) is 0 Å². The third-order valence-electron chi connectivity index (χ3n) is 5.88. The van der Waals surface area contributed by atoms with E-state index in [4.69, 9.17) is 8.83 Å². The summed E-state index contributed by atoms with van der Waals surface area (Å²) in [5, 5.41) is 4.66. The normalized spacial score (nSPS) is 11.2. The van der Waals surface area contributed by atoms with Crippen molar-refractivity contribution in [3.63, 3.8) is 0 Å². The smallest absolute Gasteiger partial charge is 0.339 e. The van der Waals surface area contributed by atoms with Crippen LogP contribution in [0.5, 0.6) is 0 Å². The van der Waals surface area contributed by atoms with Gasteiger partial charge < -0.3 is 14.2 Å². The Labute approximate surface area is 189 Å². The van der Waals surface area contributed by atoms with Crippen LogP contribution in [0.25, 0.3) is 33.1 Å². The zero-order valence-corrected chi connectivity index (χ0v) is 18.1. The van der Waals surface area contributed by atoms with Crippen molar-refractivity contribution in [1.82, 2.24) is 10.3 Å². The number of benzene rings is 2. The van der Waals surface area contributed by atoms with Crippen molar-refractivity contribution in [1.29, 1.82) is 0 Å². The first kappa shape index (κ1) is 20.7. The average molecular weight is 438 g/mol. The molecule has 2 aromatic carbocycles. The van der Waals surface area contributed by atoms with Crippen LogP contribution < -0.4 is 10.9 Å². The van der Waals surface area contributed by atoms with E-state index in [0.29, 0.717) is 29.7 Å². The Morgan fingerprint density at radius 2 is 1.88 bits per heavy atom. The topological polar surface area (TPSA) is 85.3 Å². The molecule has 0 atom stereocenters. The SMILES string of the molecule is Cc1c(CCC(=O)NCc2cccnc2)c(=O)oc2cc3occ(-c4ccccc4)c3cc12. The molecule has 6 nitrogen and oxygen atoms in total. The fourth-order valence-electron chi connectivity index (χ4n) is 4.07. The zero-order valence-electron chi connectivity index (χ0n) is 18.1. The third kappa shape index (κ3) is 4.15. The van der Waals surface area contributed by atoms with Crippen molar-refractivity contribution in [2.45, 2.75) is 26.3 Å². The summed E-state index contributed by atoms with van der Waals surface area (Å²) in [5.74, 6) is -0.130. The number of rotatable bonds is 6. The maximum Gasteiger partial charge on any atom is 0.339 e. The maximum absolute atomic E-state index is 12.7. The molecule has 1 amide bonds. The molecule has 0 radical (unpaired) electrons. The summed E-state index contributed by atoms with van der Waals surface area (Å²) in [7, 11) is 0. The Bertz CT molecular complexity index is 1500. The highest BCUT2D eigenvalue weighted by Crippen LogP contribution is 2.34. The molecule has 5 aromatic rings. The summed E-state index contributed by atoms with van der Waals surface area (Å²) in [5.41, 5.74) is 5.01. The molecule has 33 heavy (non-hydrogen) atoms. The maximum atomic E-state index is 12.7. The number of aryl methyl sites for hydroxylation is 1. The molecule has 1 N–H and O–H groups in total. The molecule has 0 unspecified atom stereocenters. The number of hydrogen-bond acceptors (Lipinski definition) is 5. The van der Waals surface area contributed by atoms with E-state index in [0.717, 1.165) is 33.0 Å². The van der Waals surface area contributed by atoms with Gasteiger partial charge in [0.1, 0.15) is 11.2 Å². The molecule has 0 aliphatic heterocycles. The van der Waals surface area contributed by atoms with E-state index < -0.39 is 5.63 Å². The van der Waals surface area contributed by atoms with Crippen LogP contribution in [0.1, 0.15) is 23.1 Å². The number of nitrogens with zero attached hydrogens (tertiary/aromatic N) is 1. The van der Waals surface area contributed by atoms with Gasteiger partial charge in [-0.05, 0) is 42.2 Å². The van der Waals surface area contributed by atoms with Crippen LogP contribution in [-0.2, 0) is 17.8 Å². The van der Waals surface area contributed by atoms with Gasteiger partial charge in [0, 0.05) is 53.3 Å². The number of fused-ring (bicyclic) bond motifs is 2. The first-order chi connectivity index (χ1) is 16.1. The predicted octanol–water partition coefficient (Wildman–Crippen LogP) is 5.16. The summed E-state index contributed by atoms with van der Waals surface area (Å²) in [4.78, 5) is 29.1. The number of hydrogen-bond donors (Lipinski definition) is 1. The Balaban J connectivity index is 1.42. The highest BCUT2D eigenvalue weighted by atomic mass is 16.4. The molecule has 0 aliphatic carbocycles. The number of carbonyl (C=O) groups is 1. The highest BCUT2D eigenvalue weighted by molar-refractivity contribution is 6.02. The molecule has 0 fully saturated rings. The lowest BCUT2D eigenvalue weighted by molar-refractivity contribution is -0.121. The van der Waals surface area contributed by atoms with Gasteiger partial charge in [-0.15, -0.1) is 0 Å². The second-order valence-corrected chi connectivity index (χ2v) is 7.99. The number of nitrogens with one attached hydrogen (secondary N) is 1. The summed E-state index contributed by atoms with van der Waals surface area (Å²) in [6.07, 6.45) is 5.62. The standard InChI is InChI=1S/C27H22N2O4/c1-17-20(9-10-26(30)29-15-18-6-5-11-28-14-18)27(31)33-25-13-24-22(12-21(17)25)23(16-32-24)19-7-3-2-4-8-19/h2-8,11-14,16H,9-10,15H2,1H3,(H,29,30). The molecule has 3 aromatic heterocycles. The van der Waals surface area contributed by atoms with E-state index in [1.807, 2.05) is 55.5 Å². The highest BCUT2D eigenvalue weighted by Gasteiger charge is 2.16. The van der Waals surface area contributed by atoms with E-state index in [2.05, 4.69) is 10.3 Å². The van der Waals surface area contributed by atoms with E-state index >= 15 is 0 Å². The third-order valence-corrected chi connectivity index (χ3v) is 5.88. The number of amides is 1. The fourth-order valence-corrected chi connectivity index (χ4v) is 4.07. The van der Waals surface area contributed by atoms with E-state index in [1.165, 1.54) is 0 Å². The van der Waals surface area contributed by atoms with E-state index in [1.54, 1.807) is 24.7 Å². The molecular formula is C27H22N2O4. The summed E-state index contributed by atoms with van der Waals surface area (Å²) < 4.78 is 11.3. The van der Waals surface area contributed by atoms with Crippen molar-refractivity contribution in [2.24, 2.45) is 0 Å². The Morgan fingerprint density at radius 3 is 2.67 bits per heavy atom. The molecule has 5 rings (SSSR count). The molecule has 0 spiro atoms. The molecule has 3 heterocycles. The lowest BCUT2D eigenvalue weighted by Gasteiger charge is -2.09. The predicted molar refractivity (Wildman–Crippen MR) is 127 cm³/mol. The summed E-state index contributed by atoms with van der Waals surface area (Å²) >= 11 is 0. The second kappa shape index (κ2) is 8.74.